The van der Waals surface area contributed by atoms with Gasteiger partial charge in [0.05, 0.1) is 0 Å². The lowest BCUT2D eigenvalue weighted by Gasteiger charge is -2.14. The zero-order valence-electron chi connectivity index (χ0n) is 17.9. The Balaban J connectivity index is 1.46. The van der Waals surface area contributed by atoms with Gasteiger partial charge in [0.15, 0.2) is 0 Å². The molecule has 10 nitrogen and oxygen atoms in total. The number of unbranched alkanes of at least 4 members (excludes halogenated alkanes) is 8. The van der Waals surface area contributed by atoms with E-state index in [2.05, 4.69) is 15.0 Å². The van der Waals surface area contributed by atoms with Gasteiger partial charge in [-0.1, -0.05) is 50.1 Å². The minimum atomic E-state index is -0.450. The lowest BCUT2D eigenvalue weighted by atomic mass is 10.1. The number of hydrogen-bond donors (Lipinski definition) is 1. The molecule has 0 bridgehead atoms. The van der Waals surface area contributed by atoms with E-state index in [4.69, 9.17) is 20.7 Å². The predicted molar refractivity (Wildman–Crippen MR) is 120 cm³/mol. The fourth-order valence-electron chi connectivity index (χ4n) is 3.29. The number of carbonyl (C=O) groups excluding carboxylic acids is 1. The van der Waals surface area contributed by atoms with E-state index in [-0.39, 0.29) is 23.8 Å². The maximum Gasteiger partial charge on any atom is 0.351 e. The van der Waals surface area contributed by atoms with Crippen LogP contribution in [0.3, 0.4) is 0 Å². The minimum absolute atomic E-state index is 0.177. The normalized spacial score (nSPS) is 17.9. The van der Waals surface area contributed by atoms with E-state index < -0.39 is 11.9 Å². The number of nitrogens with zero attached hydrogens (tertiary/aromatic N) is 5. The fourth-order valence-corrected chi connectivity index (χ4v) is 4.28. The van der Waals surface area contributed by atoms with Crippen LogP contribution in [0, 0.1) is 0 Å². The van der Waals surface area contributed by atoms with Gasteiger partial charge in [0, 0.05) is 29.8 Å². The number of ether oxygens (including phenoxy) is 2. The van der Waals surface area contributed by atoms with Crippen LogP contribution in [0.15, 0.2) is 22.2 Å². The summed E-state index contributed by atoms with van der Waals surface area (Å²) < 4.78 is 12.5. The second-order valence-corrected chi connectivity index (χ2v) is 8.66. The molecule has 1 aromatic rings. The predicted octanol–water partition coefficient (Wildman–Crippen LogP) is 4.17. The van der Waals surface area contributed by atoms with E-state index in [1.165, 1.54) is 42.0 Å². The summed E-state index contributed by atoms with van der Waals surface area (Å²) >= 11 is 1.51. The molecule has 2 atom stereocenters. The van der Waals surface area contributed by atoms with Crippen molar-refractivity contribution in [2.75, 3.05) is 24.6 Å². The topological polar surface area (TPSA) is 145 Å². The van der Waals surface area contributed by atoms with Crippen LogP contribution in [0.4, 0.5) is 5.82 Å². The van der Waals surface area contributed by atoms with Gasteiger partial charge in [0.2, 0.25) is 0 Å². The number of carbonyl (C=O) groups is 1. The number of thioether (sulfide) groups is 1. The van der Waals surface area contributed by atoms with E-state index in [0.717, 1.165) is 32.1 Å². The first-order valence-electron chi connectivity index (χ1n) is 10.9. The van der Waals surface area contributed by atoms with Gasteiger partial charge in [-0.2, -0.15) is 4.98 Å². The average Bonchev–Trinajstić information content (AvgIpc) is 3.21. The number of hydrogen-bond acceptors (Lipinski definition) is 8. The van der Waals surface area contributed by atoms with Gasteiger partial charge < -0.3 is 15.2 Å². The lowest BCUT2D eigenvalue weighted by molar-refractivity contribution is -0.147. The number of nitrogens with two attached hydrogens (primary N) is 1. The van der Waals surface area contributed by atoms with Crippen molar-refractivity contribution in [3.05, 3.63) is 33.2 Å². The number of nitrogen functional groups attached to an aromatic ring is 1. The van der Waals surface area contributed by atoms with Crippen molar-refractivity contribution < 1.29 is 14.3 Å². The molecule has 172 valence electrons. The first kappa shape index (κ1) is 25.0. The summed E-state index contributed by atoms with van der Waals surface area (Å²) in [5.74, 6) is 0.553. The van der Waals surface area contributed by atoms with Crippen LogP contribution in [0.25, 0.3) is 10.4 Å². The number of esters is 1. The molecule has 1 aliphatic heterocycles. The Morgan fingerprint density at radius 1 is 1.26 bits per heavy atom. The molecule has 1 saturated heterocycles. The highest BCUT2D eigenvalue weighted by Crippen LogP contribution is 2.31. The summed E-state index contributed by atoms with van der Waals surface area (Å²) in [5.41, 5.74) is 13.0. The Morgan fingerprint density at radius 3 is 2.61 bits per heavy atom. The second-order valence-electron chi connectivity index (χ2n) is 7.47. The smallest absolute Gasteiger partial charge is 0.351 e. The third-order valence-corrected chi connectivity index (χ3v) is 6.07. The first-order chi connectivity index (χ1) is 15.1. The number of rotatable bonds is 15. The molecular weight excluding hydrogens is 420 g/mol. The van der Waals surface area contributed by atoms with Crippen LogP contribution >= 0.6 is 11.8 Å². The lowest BCUT2D eigenvalue weighted by Crippen LogP contribution is -2.29. The molecule has 0 saturated carbocycles. The molecule has 2 N–H and O–H groups in total. The summed E-state index contributed by atoms with van der Waals surface area (Å²) in [7, 11) is 0. The van der Waals surface area contributed by atoms with Crippen LogP contribution in [0.2, 0.25) is 0 Å². The zero-order chi connectivity index (χ0) is 22.3. The summed E-state index contributed by atoms with van der Waals surface area (Å²) in [6.07, 6.45) is 11.4. The largest absolute Gasteiger partial charge is 0.462 e. The van der Waals surface area contributed by atoms with Crippen molar-refractivity contribution >= 4 is 23.5 Å². The maximum atomic E-state index is 11.9. The third kappa shape index (κ3) is 10.1. The molecule has 0 amide bonds. The molecule has 0 unspecified atom stereocenters. The molecule has 31 heavy (non-hydrogen) atoms. The van der Waals surface area contributed by atoms with E-state index >= 15 is 0 Å². The molecule has 1 fully saturated rings. The maximum absolute atomic E-state index is 11.9. The molecular formula is C20H32N6O4S. The van der Waals surface area contributed by atoms with Crippen LogP contribution in [0.5, 0.6) is 0 Å². The average molecular weight is 453 g/mol. The molecule has 0 radical (unpaired) electrons. The Morgan fingerprint density at radius 2 is 1.94 bits per heavy atom. The molecule has 1 aromatic heterocycles. The quantitative estimate of drug-likeness (QED) is 0.138. The fraction of sp³-hybridized carbons (Fsp3) is 0.750. The Labute approximate surface area is 186 Å². The molecule has 0 aliphatic carbocycles. The summed E-state index contributed by atoms with van der Waals surface area (Å²) in [6.45, 7) is 0.773. The highest BCUT2D eigenvalue weighted by Gasteiger charge is 2.29. The van der Waals surface area contributed by atoms with E-state index in [9.17, 15) is 9.59 Å². The van der Waals surface area contributed by atoms with Crippen LogP contribution < -0.4 is 11.4 Å². The third-order valence-electron chi connectivity index (χ3n) is 4.98. The highest BCUT2D eigenvalue weighted by atomic mass is 32.2. The van der Waals surface area contributed by atoms with E-state index in [1.54, 1.807) is 12.3 Å². The first-order valence-corrected chi connectivity index (χ1v) is 11.9. The van der Waals surface area contributed by atoms with Gasteiger partial charge in [-0.25, -0.2) is 4.79 Å². The molecule has 0 aromatic carbocycles. The van der Waals surface area contributed by atoms with Crippen molar-refractivity contribution in [3.8, 4) is 0 Å². The van der Waals surface area contributed by atoms with E-state index in [0.29, 0.717) is 18.7 Å². The molecule has 2 heterocycles. The van der Waals surface area contributed by atoms with E-state index in [1.807, 2.05) is 0 Å². The molecule has 0 spiro atoms. The molecule has 2 rings (SSSR count). The second kappa shape index (κ2) is 14.7. The van der Waals surface area contributed by atoms with Crippen LogP contribution in [-0.2, 0) is 14.3 Å². The van der Waals surface area contributed by atoms with Crippen molar-refractivity contribution in [3.63, 3.8) is 0 Å². The summed E-state index contributed by atoms with van der Waals surface area (Å²) in [5, 5.41) is 3.53. The minimum Gasteiger partial charge on any atom is -0.462 e. The van der Waals surface area contributed by atoms with Crippen LogP contribution in [-0.4, -0.2) is 39.9 Å². The standard InChI is InChI=1S/C20H32N6O4S/c21-16-11-13-26(20(28)24-16)17-15-31-19(30-17)14-29-18(27)10-8-6-4-2-1-3-5-7-9-12-23-25-22/h11,13,17,19H,1-10,12,14-15H2,(H2,21,24,28)/t17-,19+/m0/s1. The molecule has 1 aliphatic rings. The van der Waals surface area contributed by atoms with Gasteiger partial charge in [0.25, 0.3) is 0 Å². The highest BCUT2D eigenvalue weighted by molar-refractivity contribution is 8.00. The Kier molecular flexibility index (Phi) is 11.9. The van der Waals surface area contributed by atoms with Gasteiger partial charge >= 0.3 is 11.7 Å². The van der Waals surface area contributed by atoms with Gasteiger partial charge in [-0.15, -0.1) is 11.8 Å². The summed E-state index contributed by atoms with van der Waals surface area (Å²) in [4.78, 5) is 30.2. The monoisotopic (exact) mass is 452 g/mol. The number of aromatic nitrogens is 2. The Hall–Kier alpha value is -2.23. The van der Waals surface area contributed by atoms with Gasteiger partial charge in [-0.3, -0.25) is 9.36 Å². The van der Waals surface area contributed by atoms with Crippen molar-refractivity contribution in [1.29, 1.82) is 0 Å². The number of anilines is 1. The number of azide groups is 1. The SMILES string of the molecule is [N-]=[N+]=NCCCCCCCCCCCC(=O)OC[C@@H]1O[C@H](n2ccc(N)nc2=O)CS1. The van der Waals surface area contributed by atoms with Gasteiger partial charge in [-0.05, 0) is 24.4 Å². The van der Waals surface area contributed by atoms with Crippen molar-refractivity contribution in [2.24, 2.45) is 5.11 Å². The summed E-state index contributed by atoms with van der Waals surface area (Å²) in [6, 6.07) is 1.55. The van der Waals surface area contributed by atoms with Crippen molar-refractivity contribution in [2.45, 2.75) is 75.9 Å². The van der Waals surface area contributed by atoms with Crippen LogP contribution in [0.1, 0.15) is 70.4 Å². The van der Waals surface area contributed by atoms with Gasteiger partial charge in [0.1, 0.15) is 24.1 Å². The molecule has 11 heteroatoms. The van der Waals surface area contributed by atoms with Crippen molar-refractivity contribution in [1.82, 2.24) is 9.55 Å². The zero-order valence-corrected chi connectivity index (χ0v) is 18.7. The Bertz CT molecular complexity index is 783.